The van der Waals surface area contributed by atoms with Crippen LogP contribution in [0.3, 0.4) is 0 Å². The van der Waals surface area contributed by atoms with Gasteiger partial charge in [0.15, 0.2) is 16.6 Å². The van der Waals surface area contributed by atoms with E-state index in [9.17, 15) is 9.59 Å². The van der Waals surface area contributed by atoms with Gasteiger partial charge < -0.3 is 20.1 Å². The lowest BCUT2D eigenvalue weighted by Gasteiger charge is -2.10. The first kappa shape index (κ1) is 18.7. The fourth-order valence-electron chi connectivity index (χ4n) is 1.98. The lowest BCUT2D eigenvalue weighted by atomic mass is 10.2. The van der Waals surface area contributed by atoms with Crippen LogP contribution in [0, 0.1) is 5.92 Å². The van der Waals surface area contributed by atoms with Gasteiger partial charge in [0.25, 0.3) is 0 Å². The molecule has 2 amide bonds. The zero-order chi connectivity index (χ0) is 18.4. The van der Waals surface area contributed by atoms with Crippen molar-refractivity contribution < 1.29 is 19.1 Å². The molecular formula is C17H21N3O4S. The molecule has 0 atom stereocenters. The summed E-state index contributed by atoms with van der Waals surface area (Å²) < 4.78 is 10.4. The Balaban J connectivity index is 1.96. The average molecular weight is 363 g/mol. The van der Waals surface area contributed by atoms with E-state index < -0.39 is 0 Å². The summed E-state index contributed by atoms with van der Waals surface area (Å²) in [6.45, 7) is 3.61. The molecule has 2 rings (SSSR count). The molecule has 0 aliphatic carbocycles. The van der Waals surface area contributed by atoms with Crippen molar-refractivity contribution in [3.8, 4) is 11.5 Å². The van der Waals surface area contributed by atoms with Crippen molar-refractivity contribution in [1.29, 1.82) is 0 Å². The highest BCUT2D eigenvalue weighted by molar-refractivity contribution is 7.13. The van der Waals surface area contributed by atoms with Gasteiger partial charge >= 0.3 is 0 Å². The van der Waals surface area contributed by atoms with Crippen molar-refractivity contribution >= 4 is 34.0 Å². The van der Waals surface area contributed by atoms with Gasteiger partial charge in [0.1, 0.15) is 0 Å². The van der Waals surface area contributed by atoms with E-state index in [1.165, 1.54) is 18.4 Å². The fraction of sp³-hybridized carbons (Fsp3) is 0.353. The molecule has 0 fully saturated rings. The zero-order valence-corrected chi connectivity index (χ0v) is 15.4. The molecular weight excluding hydrogens is 342 g/mol. The molecule has 134 valence electrons. The Morgan fingerprint density at radius 1 is 1.16 bits per heavy atom. The maximum atomic E-state index is 12.2. The zero-order valence-electron chi connectivity index (χ0n) is 14.6. The maximum absolute atomic E-state index is 12.2. The normalized spacial score (nSPS) is 10.4. The highest BCUT2D eigenvalue weighted by Gasteiger charge is 2.13. The van der Waals surface area contributed by atoms with Crippen LogP contribution < -0.4 is 20.1 Å². The number of methoxy groups -OCH3 is 2. The van der Waals surface area contributed by atoms with Gasteiger partial charge in [0.05, 0.1) is 26.3 Å². The number of amides is 2. The van der Waals surface area contributed by atoms with E-state index in [2.05, 4.69) is 15.6 Å². The number of aromatic nitrogens is 1. The van der Waals surface area contributed by atoms with E-state index in [0.717, 1.165) is 0 Å². The first-order valence-corrected chi connectivity index (χ1v) is 8.58. The minimum Gasteiger partial charge on any atom is -0.493 e. The Hall–Kier alpha value is -2.61. The average Bonchev–Trinajstić information content (AvgIpc) is 3.01. The third-order valence-electron chi connectivity index (χ3n) is 3.32. The predicted molar refractivity (Wildman–Crippen MR) is 97.5 cm³/mol. The van der Waals surface area contributed by atoms with E-state index in [-0.39, 0.29) is 24.2 Å². The summed E-state index contributed by atoms with van der Waals surface area (Å²) in [4.78, 5) is 28.1. The van der Waals surface area contributed by atoms with Gasteiger partial charge in [-0.1, -0.05) is 13.8 Å². The summed E-state index contributed by atoms with van der Waals surface area (Å²) in [5, 5.41) is 7.75. The van der Waals surface area contributed by atoms with E-state index in [1.54, 1.807) is 44.5 Å². The first-order chi connectivity index (χ1) is 11.9. The highest BCUT2D eigenvalue weighted by atomic mass is 32.1. The van der Waals surface area contributed by atoms with E-state index in [4.69, 9.17) is 9.47 Å². The Morgan fingerprint density at radius 2 is 1.88 bits per heavy atom. The molecule has 0 aliphatic heterocycles. The number of anilines is 2. The summed E-state index contributed by atoms with van der Waals surface area (Å²) in [5.41, 5.74) is 1.20. The van der Waals surface area contributed by atoms with Crippen LogP contribution in [0.25, 0.3) is 0 Å². The van der Waals surface area contributed by atoms with Gasteiger partial charge in [-0.3, -0.25) is 9.59 Å². The van der Waals surface area contributed by atoms with Crippen molar-refractivity contribution in [2.45, 2.75) is 20.3 Å². The van der Waals surface area contributed by atoms with Gasteiger partial charge in [-0.25, -0.2) is 4.98 Å². The van der Waals surface area contributed by atoms with Crippen molar-refractivity contribution in [2.75, 3.05) is 24.9 Å². The fourth-order valence-corrected chi connectivity index (χ4v) is 2.69. The Kier molecular flexibility index (Phi) is 6.35. The second-order valence-corrected chi connectivity index (χ2v) is 6.44. The monoisotopic (exact) mass is 363 g/mol. The molecule has 1 heterocycles. The molecule has 8 heteroatoms. The van der Waals surface area contributed by atoms with Gasteiger partial charge in [-0.05, 0) is 12.1 Å². The van der Waals surface area contributed by atoms with Crippen LogP contribution in [-0.2, 0) is 16.0 Å². The number of hydrogen-bond acceptors (Lipinski definition) is 6. The number of hydrogen-bond donors (Lipinski definition) is 2. The van der Waals surface area contributed by atoms with E-state index in [0.29, 0.717) is 28.0 Å². The number of nitrogens with one attached hydrogen (secondary N) is 2. The van der Waals surface area contributed by atoms with Crippen LogP contribution in [0.15, 0.2) is 23.6 Å². The van der Waals surface area contributed by atoms with Crippen molar-refractivity contribution in [1.82, 2.24) is 4.98 Å². The van der Waals surface area contributed by atoms with Gasteiger partial charge in [0, 0.05) is 23.1 Å². The molecule has 0 bridgehead atoms. The van der Waals surface area contributed by atoms with Crippen molar-refractivity contribution in [3.63, 3.8) is 0 Å². The summed E-state index contributed by atoms with van der Waals surface area (Å²) in [6, 6.07) is 5.14. The molecule has 25 heavy (non-hydrogen) atoms. The molecule has 0 saturated carbocycles. The maximum Gasteiger partial charge on any atom is 0.230 e. The van der Waals surface area contributed by atoms with Crippen molar-refractivity contribution in [3.05, 3.63) is 29.3 Å². The molecule has 2 aromatic rings. The second-order valence-electron chi connectivity index (χ2n) is 5.58. The standard InChI is InChI=1S/C17H21N3O4S/c1-10(2)16(22)20-17-19-12(9-25-17)8-15(21)18-11-5-6-13(23-3)14(7-11)24-4/h5-7,9-10H,8H2,1-4H3,(H,18,21)(H,19,20,22). The predicted octanol–water partition coefficient (Wildman–Crippen LogP) is 2.94. The Bertz CT molecular complexity index is 758. The minimum atomic E-state index is -0.209. The van der Waals surface area contributed by atoms with E-state index >= 15 is 0 Å². The molecule has 0 spiro atoms. The number of carbonyl (C=O) groups excluding carboxylic acids is 2. The van der Waals surface area contributed by atoms with E-state index in [1.807, 2.05) is 0 Å². The van der Waals surface area contributed by atoms with Crippen LogP contribution in [0.4, 0.5) is 10.8 Å². The SMILES string of the molecule is COc1ccc(NC(=O)Cc2csc(NC(=O)C(C)C)n2)cc1OC. The molecule has 0 radical (unpaired) electrons. The van der Waals surface area contributed by atoms with Crippen LogP contribution in [-0.4, -0.2) is 31.0 Å². The molecule has 7 nitrogen and oxygen atoms in total. The van der Waals surface area contributed by atoms with Crippen LogP contribution in [0.1, 0.15) is 19.5 Å². The number of ether oxygens (including phenoxy) is 2. The van der Waals surface area contributed by atoms with Crippen LogP contribution >= 0.6 is 11.3 Å². The Morgan fingerprint density at radius 3 is 2.52 bits per heavy atom. The molecule has 0 saturated heterocycles. The molecule has 1 aromatic heterocycles. The van der Waals surface area contributed by atoms with Crippen LogP contribution in [0.5, 0.6) is 11.5 Å². The highest BCUT2D eigenvalue weighted by Crippen LogP contribution is 2.29. The summed E-state index contributed by atoms with van der Waals surface area (Å²) in [7, 11) is 3.08. The summed E-state index contributed by atoms with van der Waals surface area (Å²) >= 11 is 1.29. The minimum absolute atomic E-state index is 0.101. The topological polar surface area (TPSA) is 89.6 Å². The molecule has 1 aromatic carbocycles. The lowest BCUT2D eigenvalue weighted by Crippen LogP contribution is -2.18. The van der Waals surface area contributed by atoms with Crippen LogP contribution in [0.2, 0.25) is 0 Å². The van der Waals surface area contributed by atoms with Gasteiger partial charge in [-0.2, -0.15) is 0 Å². The summed E-state index contributed by atoms with van der Waals surface area (Å²) in [6.07, 6.45) is 0.113. The number of thiazole rings is 1. The first-order valence-electron chi connectivity index (χ1n) is 7.70. The Labute approximate surface area is 150 Å². The largest absolute Gasteiger partial charge is 0.493 e. The number of benzene rings is 1. The lowest BCUT2D eigenvalue weighted by molar-refractivity contribution is -0.119. The van der Waals surface area contributed by atoms with Gasteiger partial charge in [-0.15, -0.1) is 11.3 Å². The molecule has 0 unspecified atom stereocenters. The third-order valence-corrected chi connectivity index (χ3v) is 4.12. The third kappa shape index (κ3) is 5.18. The number of carbonyl (C=O) groups is 2. The van der Waals surface area contributed by atoms with Crippen molar-refractivity contribution in [2.24, 2.45) is 5.92 Å². The number of rotatable bonds is 7. The van der Waals surface area contributed by atoms with Gasteiger partial charge in [0.2, 0.25) is 11.8 Å². The smallest absolute Gasteiger partial charge is 0.230 e. The summed E-state index contributed by atoms with van der Waals surface area (Å²) in [5.74, 6) is 0.689. The number of nitrogens with zero attached hydrogens (tertiary/aromatic N) is 1. The molecule has 2 N–H and O–H groups in total. The quantitative estimate of drug-likeness (QED) is 0.789. The molecule has 0 aliphatic rings. The second kappa shape index (κ2) is 8.48.